The van der Waals surface area contributed by atoms with Crippen LogP contribution in [-0.2, 0) is 9.53 Å². The fraction of sp³-hybridized carbons (Fsp3) is 0.417. The summed E-state index contributed by atoms with van der Waals surface area (Å²) in [6, 6.07) is 3.66. The average Bonchev–Trinajstić information content (AvgIpc) is 2.40. The number of rotatable bonds is 7. The predicted molar refractivity (Wildman–Crippen MR) is 75.5 cm³/mol. The van der Waals surface area contributed by atoms with Gasteiger partial charge in [0.05, 0.1) is 18.1 Å². The number of hydrogen-bond acceptors (Lipinski definition) is 6. The number of nitrogens with zero attached hydrogens (tertiary/aromatic N) is 1. The van der Waals surface area contributed by atoms with Gasteiger partial charge in [0.15, 0.2) is 5.75 Å². The highest BCUT2D eigenvalue weighted by Crippen LogP contribution is 2.30. The molecule has 1 aromatic carbocycles. The molecule has 20 heavy (non-hydrogen) atoms. The molecule has 0 aliphatic rings. The number of carbonyl (C=O) groups is 1. The monoisotopic (exact) mass is 346 g/mol. The van der Waals surface area contributed by atoms with E-state index < -0.39 is 16.9 Å². The zero-order valence-electron chi connectivity index (χ0n) is 10.9. The molecule has 0 bridgehead atoms. The Labute approximate surface area is 124 Å². The normalized spacial score (nSPS) is 11.8. The summed E-state index contributed by atoms with van der Waals surface area (Å²) in [5.74, 6) is -0.379. The van der Waals surface area contributed by atoms with E-state index in [4.69, 9.17) is 15.2 Å². The first-order valence-corrected chi connectivity index (χ1v) is 6.74. The molecule has 0 aliphatic heterocycles. The highest BCUT2D eigenvalue weighted by atomic mass is 79.9. The molecule has 8 heteroatoms. The summed E-state index contributed by atoms with van der Waals surface area (Å²) in [4.78, 5) is 21.6. The van der Waals surface area contributed by atoms with Crippen molar-refractivity contribution in [3.8, 4) is 5.75 Å². The lowest BCUT2D eigenvalue weighted by molar-refractivity contribution is -0.385. The molecular formula is C12H15BrN2O5. The minimum absolute atomic E-state index is 0.0858. The Morgan fingerprint density at radius 3 is 2.85 bits per heavy atom. The summed E-state index contributed by atoms with van der Waals surface area (Å²) in [7, 11) is 0. The first-order valence-electron chi connectivity index (χ1n) is 5.94. The highest BCUT2D eigenvalue weighted by Gasteiger charge is 2.18. The Morgan fingerprint density at radius 1 is 1.55 bits per heavy atom. The maximum Gasteiger partial charge on any atom is 0.323 e. The van der Waals surface area contributed by atoms with E-state index in [0.717, 1.165) is 0 Å². The van der Waals surface area contributed by atoms with Crippen LogP contribution in [0.5, 0.6) is 5.75 Å². The van der Waals surface area contributed by atoms with Crippen LogP contribution >= 0.6 is 15.9 Å². The van der Waals surface area contributed by atoms with Gasteiger partial charge in [0.2, 0.25) is 0 Å². The SMILES string of the molecule is CCOC(=O)C(N)CCOc1ccc(Br)cc1[N+](=O)[O-]. The van der Waals surface area contributed by atoms with Crippen molar-refractivity contribution < 1.29 is 19.2 Å². The maximum atomic E-state index is 11.3. The van der Waals surface area contributed by atoms with Crippen molar-refractivity contribution in [1.82, 2.24) is 0 Å². The molecule has 1 atom stereocenters. The zero-order valence-corrected chi connectivity index (χ0v) is 12.5. The van der Waals surface area contributed by atoms with Crippen LogP contribution < -0.4 is 10.5 Å². The van der Waals surface area contributed by atoms with Gasteiger partial charge in [-0.15, -0.1) is 0 Å². The number of ether oxygens (including phenoxy) is 2. The maximum absolute atomic E-state index is 11.3. The van der Waals surface area contributed by atoms with Gasteiger partial charge in [-0.2, -0.15) is 0 Å². The molecule has 7 nitrogen and oxygen atoms in total. The topological polar surface area (TPSA) is 105 Å². The van der Waals surface area contributed by atoms with Crippen LogP contribution in [0.4, 0.5) is 5.69 Å². The number of nitro benzene ring substituents is 1. The van der Waals surface area contributed by atoms with Crippen LogP contribution in [0.25, 0.3) is 0 Å². The molecule has 0 radical (unpaired) electrons. The van der Waals surface area contributed by atoms with Gasteiger partial charge in [0, 0.05) is 17.0 Å². The Balaban J connectivity index is 2.58. The second kappa shape index (κ2) is 7.81. The van der Waals surface area contributed by atoms with E-state index in [1.54, 1.807) is 13.0 Å². The van der Waals surface area contributed by atoms with E-state index >= 15 is 0 Å². The third-order valence-corrected chi connectivity index (χ3v) is 2.89. The third kappa shape index (κ3) is 4.78. The number of hydrogen-bond donors (Lipinski definition) is 1. The standard InChI is InChI=1S/C12H15BrN2O5/c1-2-19-12(16)9(14)5-6-20-11-4-3-8(13)7-10(11)15(17)18/h3-4,7,9H,2,5-6,14H2,1H3. The van der Waals surface area contributed by atoms with E-state index in [2.05, 4.69) is 15.9 Å². The number of halogens is 1. The molecule has 0 spiro atoms. The van der Waals surface area contributed by atoms with Gasteiger partial charge in [0.1, 0.15) is 6.04 Å². The van der Waals surface area contributed by atoms with Gasteiger partial charge >= 0.3 is 11.7 Å². The van der Waals surface area contributed by atoms with Crippen LogP contribution in [0.2, 0.25) is 0 Å². The molecule has 0 saturated carbocycles. The number of nitro groups is 1. The zero-order chi connectivity index (χ0) is 15.1. The Morgan fingerprint density at radius 2 is 2.25 bits per heavy atom. The van der Waals surface area contributed by atoms with Gasteiger partial charge in [-0.3, -0.25) is 14.9 Å². The summed E-state index contributed by atoms with van der Waals surface area (Å²) >= 11 is 3.15. The van der Waals surface area contributed by atoms with Crippen LogP contribution in [0.15, 0.2) is 22.7 Å². The van der Waals surface area contributed by atoms with Crippen LogP contribution in [0.3, 0.4) is 0 Å². The minimum Gasteiger partial charge on any atom is -0.487 e. The first-order chi connectivity index (χ1) is 9.45. The van der Waals surface area contributed by atoms with Crippen molar-refractivity contribution in [3.63, 3.8) is 0 Å². The lowest BCUT2D eigenvalue weighted by Gasteiger charge is -2.11. The van der Waals surface area contributed by atoms with E-state index in [-0.39, 0.29) is 31.1 Å². The van der Waals surface area contributed by atoms with Gasteiger partial charge in [0.25, 0.3) is 0 Å². The molecule has 0 heterocycles. The smallest absolute Gasteiger partial charge is 0.323 e. The molecule has 0 saturated heterocycles. The van der Waals surface area contributed by atoms with E-state index in [1.165, 1.54) is 12.1 Å². The molecule has 0 fully saturated rings. The summed E-state index contributed by atoms with van der Waals surface area (Å²) in [5, 5.41) is 10.9. The second-order valence-electron chi connectivity index (χ2n) is 3.86. The lowest BCUT2D eigenvalue weighted by Crippen LogP contribution is -2.33. The van der Waals surface area contributed by atoms with Crippen LogP contribution in [-0.4, -0.2) is 30.1 Å². The van der Waals surface area contributed by atoms with Crippen molar-refractivity contribution in [2.24, 2.45) is 5.73 Å². The molecule has 1 aromatic rings. The quantitative estimate of drug-likeness (QED) is 0.460. The van der Waals surface area contributed by atoms with Gasteiger partial charge < -0.3 is 15.2 Å². The van der Waals surface area contributed by atoms with Gasteiger partial charge in [-0.05, 0) is 19.1 Å². The molecule has 0 aromatic heterocycles. The second-order valence-corrected chi connectivity index (χ2v) is 4.78. The third-order valence-electron chi connectivity index (χ3n) is 2.39. The predicted octanol–water partition coefficient (Wildman–Crippen LogP) is 2.02. The molecule has 110 valence electrons. The van der Waals surface area contributed by atoms with Crippen LogP contribution in [0.1, 0.15) is 13.3 Å². The lowest BCUT2D eigenvalue weighted by atomic mass is 10.2. The number of benzene rings is 1. The Hall–Kier alpha value is -1.67. The van der Waals surface area contributed by atoms with Crippen molar-refractivity contribution in [1.29, 1.82) is 0 Å². The molecule has 0 aliphatic carbocycles. The Kier molecular flexibility index (Phi) is 6.40. The van der Waals surface area contributed by atoms with Crippen molar-refractivity contribution in [2.75, 3.05) is 13.2 Å². The number of esters is 1. The molecule has 2 N–H and O–H groups in total. The first kappa shape index (κ1) is 16.4. The summed E-state index contributed by atoms with van der Waals surface area (Å²) < 4.78 is 10.6. The molecular weight excluding hydrogens is 332 g/mol. The summed E-state index contributed by atoms with van der Waals surface area (Å²) in [6.45, 7) is 2.03. The fourth-order valence-corrected chi connectivity index (χ4v) is 1.77. The largest absolute Gasteiger partial charge is 0.487 e. The molecule has 1 unspecified atom stereocenters. The summed E-state index contributed by atoms with van der Waals surface area (Å²) in [6.07, 6.45) is 0.214. The van der Waals surface area contributed by atoms with Crippen molar-refractivity contribution in [3.05, 3.63) is 32.8 Å². The van der Waals surface area contributed by atoms with Crippen molar-refractivity contribution >= 4 is 27.6 Å². The van der Waals surface area contributed by atoms with Crippen LogP contribution in [0, 0.1) is 10.1 Å². The highest BCUT2D eigenvalue weighted by molar-refractivity contribution is 9.10. The number of carbonyl (C=O) groups excluding carboxylic acids is 1. The molecule has 0 amide bonds. The van der Waals surface area contributed by atoms with E-state index in [9.17, 15) is 14.9 Å². The average molecular weight is 347 g/mol. The number of nitrogens with two attached hydrogens (primary N) is 1. The fourth-order valence-electron chi connectivity index (χ4n) is 1.42. The van der Waals surface area contributed by atoms with Gasteiger partial charge in [-0.25, -0.2) is 0 Å². The minimum atomic E-state index is -0.801. The van der Waals surface area contributed by atoms with E-state index in [1.807, 2.05) is 0 Å². The van der Waals surface area contributed by atoms with Crippen molar-refractivity contribution in [2.45, 2.75) is 19.4 Å². The summed E-state index contributed by atoms with van der Waals surface area (Å²) in [5.41, 5.74) is 5.44. The Bertz CT molecular complexity index is 495. The van der Waals surface area contributed by atoms with Gasteiger partial charge in [-0.1, -0.05) is 15.9 Å². The van der Waals surface area contributed by atoms with E-state index in [0.29, 0.717) is 4.47 Å². The molecule has 1 rings (SSSR count).